The van der Waals surface area contributed by atoms with E-state index in [1.54, 1.807) is 40.5 Å². The number of carbonyl (C=O) groups excluding carboxylic acids is 2. The maximum atomic E-state index is 13.5. The summed E-state index contributed by atoms with van der Waals surface area (Å²) in [5.41, 5.74) is 3.32. The number of nitrogens with one attached hydrogen (secondary N) is 2. The number of amides is 2. The van der Waals surface area contributed by atoms with Gasteiger partial charge in [-0.1, -0.05) is 54.1 Å². The SMILES string of the molecule is CN(C)C/C=C/C(=O)Nc1ccc(C(=O)N2CCC(Nc3ncc(Cl)c(-c4cn(S(=O)c5ccccc5)c5ccccc45)n3)CC2)cc1. The molecular formula is C36H36ClN7O3S. The number of piperidine rings is 1. The van der Waals surface area contributed by atoms with E-state index in [1.807, 2.05) is 84.7 Å². The molecule has 0 aliphatic carbocycles. The van der Waals surface area contributed by atoms with Crippen LogP contribution in [0.25, 0.3) is 22.2 Å². The normalized spacial score (nSPS) is 14.5. The lowest BCUT2D eigenvalue weighted by atomic mass is 10.0. The van der Waals surface area contributed by atoms with Crippen molar-refractivity contribution >= 4 is 56.9 Å². The van der Waals surface area contributed by atoms with Crippen molar-refractivity contribution < 1.29 is 13.8 Å². The number of halogens is 1. The van der Waals surface area contributed by atoms with E-state index in [-0.39, 0.29) is 17.9 Å². The van der Waals surface area contributed by atoms with Crippen molar-refractivity contribution in [3.63, 3.8) is 0 Å². The molecule has 0 saturated carbocycles. The summed E-state index contributed by atoms with van der Waals surface area (Å²) in [6, 6.07) is 24.1. The Balaban J connectivity index is 1.10. The summed E-state index contributed by atoms with van der Waals surface area (Å²) in [6.45, 7) is 1.82. The summed E-state index contributed by atoms with van der Waals surface area (Å²) in [6.07, 6.45) is 8.14. The zero-order valence-corrected chi connectivity index (χ0v) is 28.2. The van der Waals surface area contributed by atoms with Crippen molar-refractivity contribution in [2.75, 3.05) is 44.4 Å². The van der Waals surface area contributed by atoms with E-state index in [1.165, 1.54) is 6.08 Å². The number of nitrogens with zero attached hydrogens (tertiary/aromatic N) is 5. The minimum atomic E-state index is -1.46. The van der Waals surface area contributed by atoms with E-state index in [0.717, 1.165) is 29.3 Å². The Bertz CT molecular complexity index is 1970. The van der Waals surface area contributed by atoms with Gasteiger partial charge < -0.3 is 20.4 Å². The number of likely N-dealkylation sites (tertiary alicyclic amines) is 1. The van der Waals surface area contributed by atoms with Crippen molar-refractivity contribution in [2.24, 2.45) is 0 Å². The first-order chi connectivity index (χ1) is 23.3. The second-order valence-electron chi connectivity index (χ2n) is 11.8. The van der Waals surface area contributed by atoms with Gasteiger partial charge in [-0.3, -0.25) is 13.6 Å². The average Bonchev–Trinajstić information content (AvgIpc) is 3.49. The van der Waals surface area contributed by atoms with Crippen LogP contribution < -0.4 is 10.6 Å². The third-order valence-electron chi connectivity index (χ3n) is 8.06. The fraction of sp³-hybridized carbons (Fsp3) is 0.222. The largest absolute Gasteiger partial charge is 0.351 e. The molecule has 6 rings (SSSR count). The number of likely N-dealkylation sites (N-methyl/N-ethyl adjacent to an activating group) is 1. The highest BCUT2D eigenvalue weighted by atomic mass is 35.5. The van der Waals surface area contributed by atoms with Crippen LogP contribution in [0.4, 0.5) is 11.6 Å². The zero-order valence-electron chi connectivity index (χ0n) is 26.7. The number of carbonyl (C=O) groups is 2. The average molecular weight is 682 g/mol. The first-order valence-electron chi connectivity index (χ1n) is 15.7. The Morgan fingerprint density at radius 1 is 1.00 bits per heavy atom. The van der Waals surface area contributed by atoms with Crippen LogP contribution in [-0.2, 0) is 15.8 Å². The van der Waals surface area contributed by atoms with Gasteiger partial charge in [0.25, 0.3) is 5.91 Å². The molecule has 0 spiro atoms. The van der Waals surface area contributed by atoms with Crippen molar-refractivity contribution in [1.82, 2.24) is 23.7 Å². The van der Waals surface area contributed by atoms with Gasteiger partial charge in [-0.05, 0) is 69.4 Å². The Hall–Kier alpha value is -4.84. The minimum absolute atomic E-state index is 0.0495. The molecule has 1 unspecified atom stereocenters. The van der Waals surface area contributed by atoms with Crippen molar-refractivity contribution in [1.29, 1.82) is 0 Å². The van der Waals surface area contributed by atoms with Crippen LogP contribution in [0.15, 0.2) is 108 Å². The van der Waals surface area contributed by atoms with E-state index in [2.05, 4.69) is 15.6 Å². The van der Waals surface area contributed by atoms with E-state index in [0.29, 0.717) is 52.4 Å². The molecule has 2 aromatic heterocycles. The molecule has 0 bridgehead atoms. The van der Waals surface area contributed by atoms with Gasteiger partial charge in [0.05, 0.1) is 27.3 Å². The van der Waals surface area contributed by atoms with Gasteiger partial charge >= 0.3 is 0 Å². The molecule has 0 radical (unpaired) electrons. The number of rotatable bonds is 10. The Morgan fingerprint density at radius 3 is 2.44 bits per heavy atom. The first-order valence-corrected chi connectivity index (χ1v) is 17.1. The Kier molecular flexibility index (Phi) is 10.3. The predicted octanol–water partition coefficient (Wildman–Crippen LogP) is 6.10. The van der Waals surface area contributed by atoms with Crippen LogP contribution >= 0.6 is 11.6 Å². The molecular weight excluding hydrogens is 646 g/mol. The van der Waals surface area contributed by atoms with Gasteiger partial charge in [-0.2, -0.15) is 0 Å². The number of hydrogen-bond donors (Lipinski definition) is 2. The molecule has 3 heterocycles. The van der Waals surface area contributed by atoms with E-state index in [4.69, 9.17) is 16.6 Å². The van der Waals surface area contributed by atoms with Gasteiger partial charge in [-0.25, -0.2) is 14.2 Å². The molecule has 48 heavy (non-hydrogen) atoms. The van der Waals surface area contributed by atoms with Crippen LogP contribution in [0.5, 0.6) is 0 Å². The van der Waals surface area contributed by atoms with Gasteiger partial charge in [0.15, 0.2) is 11.0 Å². The third-order valence-corrected chi connectivity index (χ3v) is 9.67. The maximum absolute atomic E-state index is 13.5. The lowest BCUT2D eigenvalue weighted by molar-refractivity contribution is -0.111. The number of benzene rings is 3. The highest BCUT2D eigenvalue weighted by Crippen LogP contribution is 2.35. The molecule has 1 aliphatic rings. The van der Waals surface area contributed by atoms with Crippen molar-refractivity contribution in [3.05, 3.63) is 114 Å². The first kappa shape index (κ1) is 33.1. The molecule has 12 heteroatoms. The van der Waals surface area contributed by atoms with Crippen LogP contribution in [0.2, 0.25) is 5.02 Å². The number of fused-ring (bicyclic) bond motifs is 1. The smallest absolute Gasteiger partial charge is 0.253 e. The Morgan fingerprint density at radius 2 is 1.71 bits per heavy atom. The summed E-state index contributed by atoms with van der Waals surface area (Å²) in [5, 5.41) is 7.52. The summed E-state index contributed by atoms with van der Waals surface area (Å²) in [4.78, 5) is 39.1. The highest BCUT2D eigenvalue weighted by molar-refractivity contribution is 7.83. The predicted molar refractivity (Wildman–Crippen MR) is 192 cm³/mol. The monoisotopic (exact) mass is 681 g/mol. The molecule has 10 nitrogen and oxygen atoms in total. The lowest BCUT2D eigenvalue weighted by Gasteiger charge is -2.32. The van der Waals surface area contributed by atoms with Crippen LogP contribution in [0.3, 0.4) is 0 Å². The second kappa shape index (κ2) is 14.9. The number of anilines is 2. The summed E-state index contributed by atoms with van der Waals surface area (Å²) in [7, 11) is 2.41. The summed E-state index contributed by atoms with van der Waals surface area (Å²) in [5.74, 6) is 0.175. The molecule has 1 aliphatic heterocycles. The fourth-order valence-electron chi connectivity index (χ4n) is 5.59. The fourth-order valence-corrected chi connectivity index (χ4v) is 6.94. The number of aromatic nitrogens is 3. The van der Waals surface area contributed by atoms with E-state index < -0.39 is 11.0 Å². The zero-order chi connectivity index (χ0) is 33.6. The number of para-hydroxylation sites is 1. The molecule has 5 aromatic rings. The molecule has 1 atom stereocenters. The van der Waals surface area contributed by atoms with Crippen molar-refractivity contribution in [3.8, 4) is 11.3 Å². The number of hydrogen-bond acceptors (Lipinski definition) is 7. The minimum Gasteiger partial charge on any atom is -0.351 e. The molecule has 1 fully saturated rings. The highest BCUT2D eigenvalue weighted by Gasteiger charge is 2.25. The van der Waals surface area contributed by atoms with E-state index in [9.17, 15) is 13.8 Å². The lowest BCUT2D eigenvalue weighted by Crippen LogP contribution is -2.42. The molecule has 2 amide bonds. The third kappa shape index (κ3) is 7.65. The quantitative estimate of drug-likeness (QED) is 0.172. The molecule has 3 aromatic carbocycles. The van der Waals surface area contributed by atoms with Gasteiger partial charge in [0.2, 0.25) is 11.9 Å². The van der Waals surface area contributed by atoms with Crippen LogP contribution in [-0.4, -0.2) is 79.5 Å². The molecule has 2 N–H and O–H groups in total. The van der Waals surface area contributed by atoms with Crippen LogP contribution in [0.1, 0.15) is 23.2 Å². The van der Waals surface area contributed by atoms with Gasteiger partial charge in [0, 0.05) is 60.1 Å². The van der Waals surface area contributed by atoms with Gasteiger partial charge in [0.1, 0.15) is 0 Å². The summed E-state index contributed by atoms with van der Waals surface area (Å²) >= 11 is 6.65. The maximum Gasteiger partial charge on any atom is 0.253 e. The standard InChI is InChI=1S/C36H36ClN7O3S/c1-42(2)20-8-13-33(45)39-26-16-14-25(15-17-26)35(46)43-21-18-27(19-22-43)40-36-38-23-31(37)34(41-36)30-24-44(32-12-7-6-11-29(30)32)48(47)28-9-4-3-5-10-28/h3-17,23-24,27H,18-22H2,1-2H3,(H,39,45)(H,38,40,41)/b13-8+. The molecule has 246 valence electrons. The second-order valence-corrected chi connectivity index (χ2v) is 13.6. The van der Waals surface area contributed by atoms with E-state index >= 15 is 0 Å². The summed E-state index contributed by atoms with van der Waals surface area (Å²) < 4.78 is 15.3. The molecule has 1 saturated heterocycles. The topological polar surface area (TPSA) is 112 Å². The van der Waals surface area contributed by atoms with Crippen molar-refractivity contribution in [2.45, 2.75) is 23.8 Å². The van der Waals surface area contributed by atoms with Crippen LogP contribution in [0, 0.1) is 0 Å². The van der Waals surface area contributed by atoms with Gasteiger partial charge in [-0.15, -0.1) is 0 Å². The Labute approximate surface area is 287 Å².